The number of anilines is 2. The second-order valence-electron chi connectivity index (χ2n) is 4.12. The number of nitrogens with zero attached hydrogens (tertiary/aromatic N) is 3. The van der Waals surface area contributed by atoms with Gasteiger partial charge in [0, 0.05) is 17.1 Å². The average Bonchev–Trinajstić information content (AvgIpc) is 2.84. The molecule has 5 heteroatoms. The molecule has 2 aromatic heterocycles. The third-order valence-electron chi connectivity index (χ3n) is 2.68. The molecule has 92 valence electrons. The SMILES string of the molecule is C#Cc1nc(Nc2cc(C)[nH]n2)c2ccccc2n1. The van der Waals surface area contributed by atoms with E-state index in [-0.39, 0.29) is 0 Å². The Morgan fingerprint density at radius 2 is 2.11 bits per heavy atom. The number of hydrogen-bond acceptors (Lipinski definition) is 4. The minimum absolute atomic E-state index is 0.355. The lowest BCUT2D eigenvalue weighted by atomic mass is 10.2. The highest BCUT2D eigenvalue weighted by Crippen LogP contribution is 2.22. The number of terminal acetylenes is 1. The summed E-state index contributed by atoms with van der Waals surface area (Å²) in [6.07, 6.45) is 5.38. The van der Waals surface area contributed by atoms with E-state index in [1.165, 1.54) is 0 Å². The number of benzene rings is 1. The maximum absolute atomic E-state index is 5.38. The lowest BCUT2D eigenvalue weighted by Crippen LogP contribution is -1.99. The Morgan fingerprint density at radius 1 is 1.26 bits per heavy atom. The van der Waals surface area contributed by atoms with Crippen molar-refractivity contribution in [2.75, 3.05) is 5.32 Å². The summed E-state index contributed by atoms with van der Waals surface area (Å²) in [5, 5.41) is 11.1. The third-order valence-corrected chi connectivity index (χ3v) is 2.68. The maximum atomic E-state index is 5.38. The van der Waals surface area contributed by atoms with Crippen LogP contribution in [0.4, 0.5) is 11.6 Å². The number of fused-ring (bicyclic) bond motifs is 1. The maximum Gasteiger partial charge on any atom is 0.207 e. The minimum Gasteiger partial charge on any atom is -0.323 e. The molecule has 0 radical (unpaired) electrons. The molecular formula is C14H11N5. The molecule has 0 saturated carbocycles. The molecule has 2 heterocycles. The van der Waals surface area contributed by atoms with Gasteiger partial charge in [-0.2, -0.15) is 5.10 Å². The first-order valence-electron chi connectivity index (χ1n) is 5.79. The van der Waals surface area contributed by atoms with Gasteiger partial charge in [-0.15, -0.1) is 6.42 Å². The molecule has 2 N–H and O–H groups in total. The van der Waals surface area contributed by atoms with Crippen molar-refractivity contribution in [3.8, 4) is 12.3 Å². The van der Waals surface area contributed by atoms with Gasteiger partial charge in [-0.1, -0.05) is 12.1 Å². The van der Waals surface area contributed by atoms with Crippen molar-refractivity contribution in [3.63, 3.8) is 0 Å². The Labute approximate surface area is 110 Å². The highest BCUT2D eigenvalue weighted by molar-refractivity contribution is 5.90. The molecule has 3 aromatic rings. The van der Waals surface area contributed by atoms with Crippen LogP contribution >= 0.6 is 0 Å². The van der Waals surface area contributed by atoms with Crippen LogP contribution in [-0.4, -0.2) is 20.2 Å². The van der Waals surface area contributed by atoms with E-state index in [0.29, 0.717) is 17.5 Å². The average molecular weight is 249 g/mol. The predicted octanol–water partition coefficient (Wildman–Crippen LogP) is 2.39. The number of nitrogens with one attached hydrogen (secondary N) is 2. The fourth-order valence-electron chi connectivity index (χ4n) is 1.84. The van der Waals surface area contributed by atoms with Crippen LogP contribution in [0.25, 0.3) is 10.9 Å². The van der Waals surface area contributed by atoms with Gasteiger partial charge < -0.3 is 5.32 Å². The number of aromatic amines is 1. The fraction of sp³-hybridized carbons (Fsp3) is 0.0714. The molecule has 0 atom stereocenters. The second-order valence-corrected chi connectivity index (χ2v) is 4.12. The van der Waals surface area contributed by atoms with E-state index in [0.717, 1.165) is 16.6 Å². The quantitative estimate of drug-likeness (QED) is 0.684. The Morgan fingerprint density at radius 3 is 2.84 bits per heavy atom. The van der Waals surface area contributed by atoms with E-state index in [1.54, 1.807) is 0 Å². The summed E-state index contributed by atoms with van der Waals surface area (Å²) in [5.74, 6) is 4.17. The number of H-pyrrole nitrogens is 1. The number of rotatable bonds is 2. The summed E-state index contributed by atoms with van der Waals surface area (Å²) < 4.78 is 0. The summed E-state index contributed by atoms with van der Waals surface area (Å²) in [5.41, 5.74) is 1.78. The lowest BCUT2D eigenvalue weighted by molar-refractivity contribution is 1.05. The van der Waals surface area contributed by atoms with Gasteiger partial charge in [-0.05, 0) is 25.0 Å². The molecule has 1 aromatic carbocycles. The van der Waals surface area contributed by atoms with Crippen LogP contribution in [0.1, 0.15) is 11.5 Å². The van der Waals surface area contributed by atoms with Gasteiger partial charge in [0.15, 0.2) is 5.82 Å². The van der Waals surface area contributed by atoms with Gasteiger partial charge >= 0.3 is 0 Å². The summed E-state index contributed by atoms with van der Waals surface area (Å²) >= 11 is 0. The van der Waals surface area contributed by atoms with Crippen LogP contribution in [0.15, 0.2) is 30.3 Å². The molecule has 3 rings (SSSR count). The first-order chi connectivity index (χ1) is 9.26. The zero-order valence-corrected chi connectivity index (χ0v) is 10.3. The van der Waals surface area contributed by atoms with E-state index in [4.69, 9.17) is 6.42 Å². The fourth-order valence-corrected chi connectivity index (χ4v) is 1.84. The van der Waals surface area contributed by atoms with Gasteiger partial charge in [0.1, 0.15) is 5.82 Å². The van der Waals surface area contributed by atoms with E-state index < -0.39 is 0 Å². The molecule has 0 spiro atoms. The molecule has 19 heavy (non-hydrogen) atoms. The molecule has 0 amide bonds. The molecule has 0 unspecified atom stereocenters. The summed E-state index contributed by atoms with van der Waals surface area (Å²) in [6, 6.07) is 9.59. The molecule has 0 aliphatic rings. The van der Waals surface area contributed by atoms with Gasteiger partial charge in [0.25, 0.3) is 0 Å². The zero-order chi connectivity index (χ0) is 13.2. The van der Waals surface area contributed by atoms with Crippen LogP contribution < -0.4 is 5.32 Å². The van der Waals surface area contributed by atoms with Crippen LogP contribution in [0.5, 0.6) is 0 Å². The highest BCUT2D eigenvalue weighted by Gasteiger charge is 2.07. The van der Waals surface area contributed by atoms with Crippen LogP contribution in [0.3, 0.4) is 0 Å². The number of hydrogen-bond donors (Lipinski definition) is 2. The summed E-state index contributed by atoms with van der Waals surface area (Å²) in [4.78, 5) is 8.60. The van der Waals surface area contributed by atoms with Crippen molar-refractivity contribution < 1.29 is 0 Å². The van der Waals surface area contributed by atoms with Crippen molar-refractivity contribution in [2.24, 2.45) is 0 Å². The smallest absolute Gasteiger partial charge is 0.207 e. The summed E-state index contributed by atoms with van der Waals surface area (Å²) in [7, 11) is 0. The van der Waals surface area contributed by atoms with E-state index in [2.05, 4.69) is 31.4 Å². The van der Waals surface area contributed by atoms with E-state index in [1.807, 2.05) is 37.3 Å². The molecule has 0 aliphatic heterocycles. The first kappa shape index (κ1) is 11.2. The minimum atomic E-state index is 0.355. The van der Waals surface area contributed by atoms with Gasteiger partial charge in [0.2, 0.25) is 5.82 Å². The van der Waals surface area contributed by atoms with Crippen molar-refractivity contribution in [1.29, 1.82) is 0 Å². The molecular weight excluding hydrogens is 238 g/mol. The van der Waals surface area contributed by atoms with Crippen LogP contribution in [-0.2, 0) is 0 Å². The lowest BCUT2D eigenvalue weighted by Gasteiger charge is -2.06. The number of aromatic nitrogens is 4. The topological polar surface area (TPSA) is 66.5 Å². The molecule has 0 bridgehead atoms. The standard InChI is InChI=1S/C14H11N5/c1-3-12-15-11-7-5-4-6-10(11)14(16-12)17-13-8-9(2)18-19-13/h1,4-8H,2H3,(H2,15,16,17,18,19). The van der Waals surface area contributed by atoms with E-state index >= 15 is 0 Å². The Balaban J connectivity index is 2.13. The van der Waals surface area contributed by atoms with Gasteiger partial charge in [0.05, 0.1) is 5.52 Å². The normalized spacial score (nSPS) is 10.3. The third kappa shape index (κ3) is 2.11. The van der Waals surface area contributed by atoms with Crippen molar-refractivity contribution in [2.45, 2.75) is 6.92 Å². The van der Waals surface area contributed by atoms with E-state index in [9.17, 15) is 0 Å². The van der Waals surface area contributed by atoms with Crippen LogP contribution in [0, 0.1) is 19.3 Å². The van der Waals surface area contributed by atoms with Crippen LogP contribution in [0.2, 0.25) is 0 Å². The predicted molar refractivity (Wildman–Crippen MR) is 74.1 cm³/mol. The molecule has 5 nitrogen and oxygen atoms in total. The molecule has 0 fully saturated rings. The second kappa shape index (κ2) is 4.42. The van der Waals surface area contributed by atoms with Gasteiger partial charge in [-0.25, -0.2) is 9.97 Å². The molecule has 0 aliphatic carbocycles. The Hall–Kier alpha value is -2.87. The van der Waals surface area contributed by atoms with Gasteiger partial charge in [-0.3, -0.25) is 5.10 Å². The first-order valence-corrected chi connectivity index (χ1v) is 5.79. The van der Waals surface area contributed by atoms with Crippen molar-refractivity contribution >= 4 is 22.5 Å². The number of aryl methyl sites for hydroxylation is 1. The number of para-hydroxylation sites is 1. The summed E-state index contributed by atoms with van der Waals surface area (Å²) in [6.45, 7) is 1.93. The van der Waals surface area contributed by atoms with Crippen molar-refractivity contribution in [3.05, 3.63) is 41.9 Å². The molecule has 0 saturated heterocycles. The highest BCUT2D eigenvalue weighted by atomic mass is 15.2. The Bertz CT molecular complexity index is 782. The Kier molecular flexibility index (Phi) is 2.62. The largest absolute Gasteiger partial charge is 0.323 e. The van der Waals surface area contributed by atoms with Crippen molar-refractivity contribution in [1.82, 2.24) is 20.2 Å². The zero-order valence-electron chi connectivity index (χ0n) is 10.3. The monoisotopic (exact) mass is 249 g/mol.